The molecule has 2 amide bonds. The Labute approximate surface area is 204 Å². The molecule has 1 aromatic heterocycles. The smallest absolute Gasteiger partial charge is 0.319 e. The van der Waals surface area contributed by atoms with Crippen LogP contribution in [0.25, 0.3) is 0 Å². The Morgan fingerprint density at radius 3 is 2.06 bits per heavy atom. The zero-order chi connectivity index (χ0) is 23.0. The maximum Gasteiger partial charge on any atom is 0.322 e. The lowest BCUT2D eigenvalue weighted by atomic mass is 9.88. The molecule has 0 atom stereocenters. The van der Waals surface area contributed by atoms with Gasteiger partial charge in [-0.2, -0.15) is 0 Å². The van der Waals surface area contributed by atoms with Crippen molar-refractivity contribution < 1.29 is 4.79 Å². The third kappa shape index (κ3) is 6.25. The van der Waals surface area contributed by atoms with Gasteiger partial charge in [0.15, 0.2) is 0 Å². The zero-order valence-electron chi connectivity index (χ0n) is 18.6. The number of halogens is 1. The lowest BCUT2D eigenvalue weighted by Crippen LogP contribution is -2.36. The number of aryl methyl sites for hydroxylation is 1. The number of hydrogen-bond acceptors (Lipinski definition) is 2. The van der Waals surface area contributed by atoms with Crippen LogP contribution in [0.2, 0.25) is 5.02 Å². The normalized spacial score (nSPS) is 10.9. The molecule has 33 heavy (non-hydrogen) atoms. The van der Waals surface area contributed by atoms with E-state index in [0.717, 1.165) is 12.1 Å². The van der Waals surface area contributed by atoms with Crippen molar-refractivity contribution in [3.05, 3.63) is 123 Å². The van der Waals surface area contributed by atoms with E-state index in [2.05, 4.69) is 72.2 Å². The van der Waals surface area contributed by atoms with Gasteiger partial charge in [0.2, 0.25) is 0 Å². The highest BCUT2D eigenvalue weighted by Crippen LogP contribution is 2.29. The summed E-state index contributed by atoms with van der Waals surface area (Å²) in [6.45, 7) is 3.31. The summed E-state index contributed by atoms with van der Waals surface area (Å²) in [6, 6.07) is 30.3. The Kier molecular flexibility index (Phi) is 7.82. The number of nitrogens with zero attached hydrogens (tertiary/aromatic N) is 1. The van der Waals surface area contributed by atoms with Crippen LogP contribution in [0.5, 0.6) is 0 Å². The molecule has 4 rings (SSSR count). The fraction of sp³-hybridized carbons (Fsp3) is 0.179. The molecule has 1 N–H and O–H groups in total. The second-order valence-electron chi connectivity index (χ2n) is 8.05. The van der Waals surface area contributed by atoms with Crippen LogP contribution in [0.4, 0.5) is 10.5 Å². The van der Waals surface area contributed by atoms with Gasteiger partial charge in [-0.1, -0.05) is 72.3 Å². The summed E-state index contributed by atoms with van der Waals surface area (Å²) in [6.07, 6.45) is 0.826. The van der Waals surface area contributed by atoms with Gasteiger partial charge in [-0.05, 0) is 65.7 Å². The first-order valence-electron chi connectivity index (χ1n) is 11.0. The zero-order valence-corrected chi connectivity index (χ0v) is 20.2. The van der Waals surface area contributed by atoms with E-state index in [9.17, 15) is 4.79 Å². The minimum absolute atomic E-state index is 0.106. The molecular weight excluding hydrogens is 448 g/mol. The van der Waals surface area contributed by atoms with Crippen molar-refractivity contribution in [1.29, 1.82) is 0 Å². The first-order chi connectivity index (χ1) is 16.1. The fourth-order valence-corrected chi connectivity index (χ4v) is 4.96. The molecule has 3 nitrogen and oxygen atoms in total. The molecule has 0 radical (unpaired) electrons. The minimum atomic E-state index is -0.106. The van der Waals surface area contributed by atoms with Crippen molar-refractivity contribution in [2.24, 2.45) is 0 Å². The number of carbonyl (C=O) groups excluding carboxylic acids is 1. The molecule has 0 saturated carbocycles. The summed E-state index contributed by atoms with van der Waals surface area (Å²) in [4.78, 5) is 16.4. The van der Waals surface area contributed by atoms with Crippen LogP contribution >= 0.6 is 22.9 Å². The molecule has 0 fully saturated rings. The summed E-state index contributed by atoms with van der Waals surface area (Å²) < 4.78 is 0. The van der Waals surface area contributed by atoms with Crippen molar-refractivity contribution in [2.45, 2.75) is 25.8 Å². The molecule has 0 unspecified atom stereocenters. The second-order valence-corrected chi connectivity index (χ2v) is 9.49. The summed E-state index contributed by atoms with van der Waals surface area (Å²) in [5.74, 6) is 0.211. The predicted molar refractivity (Wildman–Crippen MR) is 139 cm³/mol. The average Bonchev–Trinajstić information content (AvgIpc) is 3.25. The van der Waals surface area contributed by atoms with E-state index in [0.29, 0.717) is 18.1 Å². The Bertz CT molecular complexity index is 1120. The van der Waals surface area contributed by atoms with Crippen LogP contribution in [0.3, 0.4) is 0 Å². The molecular formula is C28H27ClN2OS. The number of rotatable bonds is 8. The number of amides is 2. The number of anilines is 1. The molecule has 0 aliphatic heterocycles. The van der Waals surface area contributed by atoms with Crippen LogP contribution < -0.4 is 5.32 Å². The van der Waals surface area contributed by atoms with Crippen LogP contribution in [-0.4, -0.2) is 17.5 Å². The highest BCUT2D eigenvalue weighted by molar-refractivity contribution is 7.10. The van der Waals surface area contributed by atoms with E-state index in [1.165, 1.54) is 21.6 Å². The van der Waals surface area contributed by atoms with Gasteiger partial charge in [0.25, 0.3) is 0 Å². The van der Waals surface area contributed by atoms with Crippen molar-refractivity contribution in [2.75, 3.05) is 11.9 Å². The number of carbonyl (C=O) groups is 1. The maximum atomic E-state index is 13.3. The topological polar surface area (TPSA) is 32.3 Å². The molecule has 1 heterocycles. The monoisotopic (exact) mass is 474 g/mol. The van der Waals surface area contributed by atoms with Gasteiger partial charge in [0.05, 0.1) is 6.54 Å². The number of nitrogens with one attached hydrogen (secondary N) is 1. The van der Waals surface area contributed by atoms with Crippen LogP contribution in [0.15, 0.2) is 96.4 Å². The van der Waals surface area contributed by atoms with Crippen LogP contribution in [0.1, 0.15) is 33.9 Å². The predicted octanol–water partition coefficient (Wildman–Crippen LogP) is 7.97. The van der Waals surface area contributed by atoms with Crippen LogP contribution in [0, 0.1) is 6.92 Å². The molecule has 4 aromatic rings. The number of urea groups is 1. The molecule has 168 valence electrons. The number of hydrogen-bond donors (Lipinski definition) is 1. The van der Waals surface area contributed by atoms with Gasteiger partial charge >= 0.3 is 6.03 Å². The highest BCUT2D eigenvalue weighted by atomic mass is 35.5. The standard InChI is InChI=1S/C28H27ClN2OS/c1-21-17-19-33-27(21)20-31(28(32)30-25-14-12-24(29)13-15-25)18-16-26(22-8-4-2-5-9-22)23-10-6-3-7-11-23/h2-15,17,19,26H,16,18,20H2,1H3,(H,30,32). The van der Waals surface area contributed by atoms with Crippen molar-refractivity contribution in [1.82, 2.24) is 4.90 Å². The minimum Gasteiger partial charge on any atom is -0.319 e. The lowest BCUT2D eigenvalue weighted by Gasteiger charge is -2.26. The van der Waals surface area contributed by atoms with Gasteiger partial charge in [-0.25, -0.2) is 4.79 Å². The van der Waals surface area contributed by atoms with E-state index in [-0.39, 0.29) is 11.9 Å². The molecule has 0 aliphatic rings. The van der Waals surface area contributed by atoms with E-state index in [1.807, 2.05) is 29.2 Å². The SMILES string of the molecule is Cc1ccsc1CN(CCC(c1ccccc1)c1ccccc1)C(=O)Nc1ccc(Cl)cc1. The van der Waals surface area contributed by atoms with Gasteiger partial charge < -0.3 is 10.2 Å². The summed E-state index contributed by atoms with van der Waals surface area (Å²) in [5, 5.41) is 5.76. The molecule has 0 spiro atoms. The third-order valence-corrected chi connectivity index (χ3v) is 7.04. The molecule has 5 heteroatoms. The summed E-state index contributed by atoms with van der Waals surface area (Å²) in [5.41, 5.74) is 4.47. The highest BCUT2D eigenvalue weighted by Gasteiger charge is 2.20. The molecule has 3 aromatic carbocycles. The molecule has 0 bridgehead atoms. The fourth-order valence-electron chi connectivity index (χ4n) is 3.91. The van der Waals surface area contributed by atoms with Gasteiger partial charge in [-0.15, -0.1) is 11.3 Å². The van der Waals surface area contributed by atoms with E-state index in [1.54, 1.807) is 23.5 Å². The largest absolute Gasteiger partial charge is 0.322 e. The quantitative estimate of drug-likeness (QED) is 0.276. The third-order valence-electron chi connectivity index (χ3n) is 5.78. The first kappa shape index (κ1) is 23.1. The number of benzene rings is 3. The van der Waals surface area contributed by atoms with Gasteiger partial charge in [0, 0.05) is 28.0 Å². The van der Waals surface area contributed by atoms with E-state index in [4.69, 9.17) is 11.6 Å². The van der Waals surface area contributed by atoms with Gasteiger partial charge in [-0.3, -0.25) is 0 Å². The van der Waals surface area contributed by atoms with E-state index < -0.39 is 0 Å². The van der Waals surface area contributed by atoms with Gasteiger partial charge in [0.1, 0.15) is 0 Å². The number of thiophene rings is 1. The lowest BCUT2D eigenvalue weighted by molar-refractivity contribution is 0.208. The molecule has 0 saturated heterocycles. The Hall–Kier alpha value is -3.08. The average molecular weight is 475 g/mol. The molecule has 0 aliphatic carbocycles. The van der Waals surface area contributed by atoms with Crippen molar-refractivity contribution >= 4 is 34.7 Å². The summed E-state index contributed by atoms with van der Waals surface area (Å²) >= 11 is 7.69. The Morgan fingerprint density at radius 1 is 0.909 bits per heavy atom. The summed E-state index contributed by atoms with van der Waals surface area (Å²) in [7, 11) is 0. The maximum absolute atomic E-state index is 13.3. The van der Waals surface area contributed by atoms with Crippen molar-refractivity contribution in [3.63, 3.8) is 0 Å². The van der Waals surface area contributed by atoms with Crippen LogP contribution in [-0.2, 0) is 6.54 Å². The Morgan fingerprint density at radius 2 is 1.52 bits per heavy atom. The van der Waals surface area contributed by atoms with E-state index >= 15 is 0 Å². The van der Waals surface area contributed by atoms with Crippen molar-refractivity contribution in [3.8, 4) is 0 Å². The first-order valence-corrected chi connectivity index (χ1v) is 12.3. The second kappa shape index (κ2) is 11.2. The Balaban J connectivity index is 1.55.